The van der Waals surface area contributed by atoms with E-state index in [1.54, 1.807) is 12.4 Å². The van der Waals surface area contributed by atoms with Crippen molar-refractivity contribution in [3.05, 3.63) is 42.8 Å². The average Bonchev–Trinajstić information content (AvgIpc) is 3.16. The Morgan fingerprint density at radius 1 is 1.33 bits per heavy atom. The van der Waals surface area contributed by atoms with E-state index in [1.807, 2.05) is 18.2 Å². The predicted octanol–water partition coefficient (Wildman–Crippen LogP) is 2.40. The van der Waals surface area contributed by atoms with E-state index in [4.69, 9.17) is 4.42 Å². The summed E-state index contributed by atoms with van der Waals surface area (Å²) in [5.74, 6) is 1.57. The van der Waals surface area contributed by atoms with Gasteiger partial charge in [0.1, 0.15) is 11.6 Å². The molecule has 1 atom stereocenters. The Labute approximate surface area is 139 Å². The van der Waals surface area contributed by atoms with Crippen molar-refractivity contribution in [2.75, 3.05) is 13.1 Å². The summed E-state index contributed by atoms with van der Waals surface area (Å²) in [5, 5.41) is 4.21. The predicted molar refractivity (Wildman–Crippen MR) is 89.3 cm³/mol. The summed E-state index contributed by atoms with van der Waals surface area (Å²) in [7, 11) is 0. The van der Waals surface area contributed by atoms with E-state index in [-0.39, 0.29) is 18.1 Å². The Balaban J connectivity index is 1.58. The van der Waals surface area contributed by atoms with Gasteiger partial charge in [-0.05, 0) is 25.5 Å². The lowest BCUT2D eigenvalue weighted by atomic mass is 9.93. The fraction of sp³-hybridized carbons (Fsp3) is 0.333. The molecule has 1 saturated heterocycles. The van der Waals surface area contributed by atoms with Gasteiger partial charge >= 0.3 is 0 Å². The molecule has 1 N–H and O–H groups in total. The van der Waals surface area contributed by atoms with Crippen molar-refractivity contribution in [3.8, 4) is 11.3 Å². The number of nitrogens with zero attached hydrogens (tertiary/aromatic N) is 3. The average molecular weight is 322 g/mol. The van der Waals surface area contributed by atoms with Crippen LogP contribution in [-0.4, -0.2) is 33.8 Å². The van der Waals surface area contributed by atoms with Crippen molar-refractivity contribution >= 4 is 16.7 Å². The summed E-state index contributed by atoms with van der Waals surface area (Å²) in [5.41, 5.74) is 1.72. The molecule has 0 radical (unpaired) electrons. The molecular formula is C18H18N4O2. The number of benzene rings is 1. The van der Waals surface area contributed by atoms with Crippen LogP contribution in [0.5, 0.6) is 0 Å². The van der Waals surface area contributed by atoms with Gasteiger partial charge in [0.05, 0.1) is 18.1 Å². The number of ketones is 1. The smallest absolute Gasteiger partial charge is 0.181 e. The van der Waals surface area contributed by atoms with Crippen molar-refractivity contribution in [1.82, 2.24) is 20.3 Å². The molecule has 0 saturated carbocycles. The Morgan fingerprint density at radius 3 is 3.08 bits per heavy atom. The standard InChI is InChI=1S/C18H18N4O2/c23-16(14-2-1-5-19-8-14)7-18-21-9-13-4-3-12(6-15(13)22-18)17-10-20-11-24-17/h3-4,6,9-11,14,19H,1-2,5,7-8H2/t14-/m1/s1. The van der Waals surface area contributed by atoms with Gasteiger partial charge in [0, 0.05) is 29.6 Å². The normalized spacial score (nSPS) is 17.9. The molecule has 6 heteroatoms. The maximum atomic E-state index is 12.4. The van der Waals surface area contributed by atoms with Gasteiger partial charge in [-0.2, -0.15) is 0 Å². The number of aromatic nitrogens is 3. The minimum atomic E-state index is 0.0820. The van der Waals surface area contributed by atoms with Crippen LogP contribution in [0.4, 0.5) is 0 Å². The van der Waals surface area contributed by atoms with Crippen LogP contribution in [0.25, 0.3) is 22.2 Å². The molecule has 1 aliphatic heterocycles. The summed E-state index contributed by atoms with van der Waals surface area (Å²) < 4.78 is 5.33. The van der Waals surface area contributed by atoms with Crippen molar-refractivity contribution in [2.45, 2.75) is 19.3 Å². The number of fused-ring (bicyclic) bond motifs is 1. The fourth-order valence-corrected chi connectivity index (χ4v) is 3.09. The van der Waals surface area contributed by atoms with Gasteiger partial charge in [0.15, 0.2) is 12.2 Å². The number of piperidine rings is 1. The molecule has 0 amide bonds. The molecule has 0 aliphatic carbocycles. The summed E-state index contributed by atoms with van der Waals surface area (Å²) in [4.78, 5) is 25.3. The van der Waals surface area contributed by atoms with Gasteiger partial charge in [-0.15, -0.1) is 0 Å². The maximum Gasteiger partial charge on any atom is 0.181 e. The first-order valence-corrected chi connectivity index (χ1v) is 8.17. The van der Waals surface area contributed by atoms with E-state index in [0.717, 1.165) is 42.4 Å². The lowest BCUT2D eigenvalue weighted by Crippen LogP contribution is -2.35. The molecule has 3 heterocycles. The highest BCUT2D eigenvalue weighted by Crippen LogP contribution is 2.23. The van der Waals surface area contributed by atoms with Crippen LogP contribution < -0.4 is 5.32 Å². The lowest BCUT2D eigenvalue weighted by molar-refractivity contribution is -0.122. The number of carbonyl (C=O) groups excluding carboxylic acids is 1. The lowest BCUT2D eigenvalue weighted by Gasteiger charge is -2.21. The van der Waals surface area contributed by atoms with Crippen LogP contribution in [0.2, 0.25) is 0 Å². The first kappa shape index (κ1) is 15.0. The quantitative estimate of drug-likeness (QED) is 0.794. The Bertz CT molecular complexity index is 855. The number of carbonyl (C=O) groups is 1. The molecule has 4 rings (SSSR count). The van der Waals surface area contributed by atoms with Gasteiger partial charge < -0.3 is 9.73 Å². The molecule has 6 nitrogen and oxygen atoms in total. The minimum Gasteiger partial charge on any atom is -0.444 e. The topological polar surface area (TPSA) is 80.9 Å². The number of nitrogens with one attached hydrogen (secondary N) is 1. The number of Topliss-reactive ketones (excluding diaryl/α,β-unsaturated/α-hetero) is 1. The summed E-state index contributed by atoms with van der Waals surface area (Å²) in [6.07, 6.45) is 7.14. The third-order valence-electron chi connectivity index (χ3n) is 4.43. The van der Waals surface area contributed by atoms with E-state index in [9.17, 15) is 4.79 Å². The van der Waals surface area contributed by atoms with Crippen molar-refractivity contribution in [1.29, 1.82) is 0 Å². The third kappa shape index (κ3) is 3.05. The molecule has 0 unspecified atom stereocenters. The zero-order valence-corrected chi connectivity index (χ0v) is 13.2. The molecule has 0 spiro atoms. The van der Waals surface area contributed by atoms with E-state index < -0.39 is 0 Å². The highest BCUT2D eigenvalue weighted by atomic mass is 16.3. The molecule has 3 aromatic rings. The van der Waals surface area contributed by atoms with Gasteiger partial charge in [-0.25, -0.2) is 15.0 Å². The highest BCUT2D eigenvalue weighted by Gasteiger charge is 2.21. The summed E-state index contributed by atoms with van der Waals surface area (Å²) >= 11 is 0. The SMILES string of the molecule is O=C(Cc1ncc2ccc(-c3cnco3)cc2n1)[C@@H]1CCCNC1. The monoisotopic (exact) mass is 322 g/mol. The molecule has 122 valence electrons. The largest absolute Gasteiger partial charge is 0.444 e. The third-order valence-corrected chi connectivity index (χ3v) is 4.43. The van der Waals surface area contributed by atoms with Crippen molar-refractivity contribution in [2.24, 2.45) is 5.92 Å². The van der Waals surface area contributed by atoms with Gasteiger partial charge in [-0.1, -0.05) is 12.1 Å². The zero-order valence-electron chi connectivity index (χ0n) is 13.2. The number of hydrogen-bond acceptors (Lipinski definition) is 6. The Morgan fingerprint density at radius 2 is 2.29 bits per heavy atom. The number of rotatable bonds is 4. The summed E-state index contributed by atoms with van der Waals surface area (Å²) in [6.45, 7) is 1.77. The van der Waals surface area contributed by atoms with E-state index in [0.29, 0.717) is 11.6 Å². The van der Waals surface area contributed by atoms with Gasteiger partial charge in [0.2, 0.25) is 0 Å². The second-order valence-corrected chi connectivity index (χ2v) is 6.11. The molecule has 24 heavy (non-hydrogen) atoms. The molecule has 1 fully saturated rings. The molecule has 2 aromatic heterocycles. The van der Waals surface area contributed by atoms with Crippen LogP contribution in [0.15, 0.2) is 41.4 Å². The maximum absolute atomic E-state index is 12.4. The Hall–Kier alpha value is -2.60. The van der Waals surface area contributed by atoms with Crippen molar-refractivity contribution in [3.63, 3.8) is 0 Å². The Kier molecular flexibility index (Phi) is 4.04. The van der Waals surface area contributed by atoms with Gasteiger partial charge in [-0.3, -0.25) is 4.79 Å². The van der Waals surface area contributed by atoms with Crippen LogP contribution >= 0.6 is 0 Å². The van der Waals surface area contributed by atoms with E-state index in [2.05, 4.69) is 20.3 Å². The van der Waals surface area contributed by atoms with Crippen molar-refractivity contribution < 1.29 is 9.21 Å². The van der Waals surface area contributed by atoms with Crippen LogP contribution in [-0.2, 0) is 11.2 Å². The molecule has 1 aliphatic rings. The molecular weight excluding hydrogens is 304 g/mol. The first-order chi connectivity index (χ1) is 11.8. The minimum absolute atomic E-state index is 0.0820. The fourth-order valence-electron chi connectivity index (χ4n) is 3.09. The second kappa shape index (κ2) is 6.49. The summed E-state index contributed by atoms with van der Waals surface area (Å²) in [6, 6.07) is 5.84. The molecule has 1 aromatic carbocycles. The molecule has 0 bridgehead atoms. The highest BCUT2D eigenvalue weighted by molar-refractivity contribution is 5.85. The van der Waals surface area contributed by atoms with Crippen LogP contribution in [0.1, 0.15) is 18.7 Å². The van der Waals surface area contributed by atoms with E-state index in [1.165, 1.54) is 6.39 Å². The number of hydrogen-bond donors (Lipinski definition) is 1. The van der Waals surface area contributed by atoms with Crippen LogP contribution in [0.3, 0.4) is 0 Å². The number of oxazole rings is 1. The van der Waals surface area contributed by atoms with Gasteiger partial charge in [0.25, 0.3) is 0 Å². The second-order valence-electron chi connectivity index (χ2n) is 6.11. The zero-order chi connectivity index (χ0) is 16.4. The first-order valence-electron chi connectivity index (χ1n) is 8.17. The van der Waals surface area contributed by atoms with Crippen LogP contribution in [0, 0.1) is 5.92 Å². The van der Waals surface area contributed by atoms with E-state index >= 15 is 0 Å².